The first-order valence-corrected chi connectivity index (χ1v) is 12.1. The Kier molecular flexibility index (Phi) is 8.47. The van der Waals surface area contributed by atoms with E-state index in [1.165, 1.54) is 29.2 Å². The van der Waals surface area contributed by atoms with Crippen LogP contribution in [0.25, 0.3) is 5.76 Å². The quantitative estimate of drug-likeness (QED) is 0.170. The molecule has 9 heteroatoms. The zero-order chi connectivity index (χ0) is 26.6. The number of Topliss-reactive ketones (excluding diaryl/α,β-unsaturated/α-hetero) is 1. The van der Waals surface area contributed by atoms with Crippen molar-refractivity contribution in [2.24, 2.45) is 0 Å². The third kappa shape index (κ3) is 5.57. The summed E-state index contributed by atoms with van der Waals surface area (Å²) < 4.78 is 5.77. The lowest BCUT2D eigenvalue weighted by Crippen LogP contribution is -2.38. The Morgan fingerprint density at radius 3 is 2.31 bits per heavy atom. The van der Waals surface area contributed by atoms with Gasteiger partial charge in [-0.25, -0.2) is 0 Å². The van der Waals surface area contributed by atoms with Crippen LogP contribution in [0.5, 0.6) is 5.75 Å². The molecule has 36 heavy (non-hydrogen) atoms. The van der Waals surface area contributed by atoms with Gasteiger partial charge in [-0.05, 0) is 75.3 Å². The van der Waals surface area contributed by atoms with Gasteiger partial charge >= 0.3 is 0 Å². The molecule has 1 saturated heterocycles. The number of likely N-dealkylation sites (tertiary alicyclic amines) is 1. The van der Waals surface area contributed by atoms with E-state index in [9.17, 15) is 24.8 Å². The van der Waals surface area contributed by atoms with Gasteiger partial charge in [-0.15, -0.1) is 0 Å². The first-order valence-electron chi connectivity index (χ1n) is 12.1. The van der Waals surface area contributed by atoms with E-state index in [-0.39, 0.29) is 29.7 Å². The maximum atomic E-state index is 13.2. The van der Waals surface area contributed by atoms with E-state index in [4.69, 9.17) is 4.74 Å². The van der Waals surface area contributed by atoms with Gasteiger partial charge in [-0.1, -0.05) is 13.8 Å². The molecule has 0 spiro atoms. The van der Waals surface area contributed by atoms with Gasteiger partial charge in [0, 0.05) is 30.8 Å². The van der Waals surface area contributed by atoms with E-state index >= 15 is 0 Å². The Hall–Kier alpha value is -3.72. The van der Waals surface area contributed by atoms with Crippen LogP contribution in [0.4, 0.5) is 5.69 Å². The first-order chi connectivity index (χ1) is 17.1. The molecule has 1 fully saturated rings. The number of carbonyl (C=O) groups is 2. The summed E-state index contributed by atoms with van der Waals surface area (Å²) in [4.78, 5) is 40.6. The number of aliphatic hydroxyl groups is 1. The maximum Gasteiger partial charge on any atom is 0.295 e. The molecule has 0 bridgehead atoms. The summed E-state index contributed by atoms with van der Waals surface area (Å²) >= 11 is 0. The molecule has 3 rings (SSSR count). The van der Waals surface area contributed by atoms with Crippen molar-refractivity contribution < 1.29 is 24.4 Å². The summed E-state index contributed by atoms with van der Waals surface area (Å²) in [6.07, 6.45) is -0.0265. The molecule has 1 atom stereocenters. The minimum absolute atomic E-state index is 0.0265. The van der Waals surface area contributed by atoms with Crippen molar-refractivity contribution in [2.45, 2.75) is 46.8 Å². The maximum absolute atomic E-state index is 13.2. The fourth-order valence-corrected chi connectivity index (χ4v) is 4.36. The second-order valence-electron chi connectivity index (χ2n) is 9.01. The molecule has 0 unspecified atom stereocenters. The van der Waals surface area contributed by atoms with Crippen molar-refractivity contribution in [3.63, 3.8) is 0 Å². The van der Waals surface area contributed by atoms with E-state index in [1.54, 1.807) is 18.2 Å². The number of benzene rings is 2. The number of nitro groups is 1. The van der Waals surface area contributed by atoms with E-state index in [2.05, 4.69) is 4.90 Å². The van der Waals surface area contributed by atoms with E-state index in [0.29, 0.717) is 23.4 Å². The number of aryl methyl sites for hydroxylation is 1. The van der Waals surface area contributed by atoms with Crippen LogP contribution in [0, 0.1) is 17.0 Å². The van der Waals surface area contributed by atoms with Gasteiger partial charge in [0.25, 0.3) is 17.4 Å². The molecule has 1 amide bonds. The fraction of sp³-hybridized carbons (Fsp3) is 0.407. The number of ketones is 1. The smallest absolute Gasteiger partial charge is 0.295 e. The SMILES string of the molecule is CCN(CC)CCN1C(=O)C(=O)C(=C(O)c2ccc(OC(C)C)c(C)c2)[C@H]1c1ccc([N+](=O)[O-])cc1. The molecule has 1 N–H and O–H groups in total. The second kappa shape index (κ2) is 11.3. The molecular weight excluding hydrogens is 462 g/mol. The molecule has 0 aliphatic carbocycles. The number of nitrogens with zero attached hydrogens (tertiary/aromatic N) is 3. The van der Waals surface area contributed by atoms with Gasteiger partial charge in [0.05, 0.1) is 22.6 Å². The number of nitro benzene ring substituents is 1. The Bertz CT molecular complexity index is 1170. The number of amides is 1. The normalized spacial score (nSPS) is 17.3. The lowest BCUT2D eigenvalue weighted by atomic mass is 9.94. The summed E-state index contributed by atoms with van der Waals surface area (Å²) in [7, 11) is 0. The molecule has 0 saturated carbocycles. The van der Waals surface area contributed by atoms with Gasteiger partial charge in [0.1, 0.15) is 11.5 Å². The number of aliphatic hydroxyl groups excluding tert-OH is 1. The van der Waals surface area contributed by atoms with Gasteiger partial charge in [0.2, 0.25) is 0 Å². The van der Waals surface area contributed by atoms with Crippen LogP contribution in [-0.2, 0) is 9.59 Å². The zero-order valence-corrected chi connectivity index (χ0v) is 21.4. The minimum atomic E-state index is -0.867. The van der Waals surface area contributed by atoms with Gasteiger partial charge in [0.15, 0.2) is 0 Å². The monoisotopic (exact) mass is 495 g/mol. The average Bonchev–Trinajstić information content (AvgIpc) is 3.10. The molecule has 1 heterocycles. The fourth-order valence-electron chi connectivity index (χ4n) is 4.36. The number of carbonyl (C=O) groups excluding carboxylic acids is 2. The van der Waals surface area contributed by atoms with E-state index < -0.39 is 22.7 Å². The van der Waals surface area contributed by atoms with Crippen molar-refractivity contribution in [3.8, 4) is 5.75 Å². The number of rotatable bonds is 10. The predicted octanol–water partition coefficient (Wildman–Crippen LogP) is 4.45. The molecule has 2 aromatic rings. The van der Waals surface area contributed by atoms with E-state index in [0.717, 1.165) is 18.7 Å². The standard InChI is InChI=1S/C27H33N3O6/c1-6-28(7-2)14-15-29-24(19-8-11-21(12-9-19)30(34)35)23(26(32)27(29)33)25(31)20-10-13-22(18(5)16-20)36-17(3)4/h8-13,16-17,24,31H,6-7,14-15H2,1-5H3/t24-/m1/s1. The highest BCUT2D eigenvalue weighted by molar-refractivity contribution is 6.46. The van der Waals surface area contributed by atoms with Crippen LogP contribution < -0.4 is 4.74 Å². The number of hydrogen-bond acceptors (Lipinski definition) is 7. The van der Waals surface area contributed by atoms with Crippen LogP contribution in [-0.4, -0.2) is 63.8 Å². The van der Waals surface area contributed by atoms with Crippen LogP contribution in [0.3, 0.4) is 0 Å². The molecule has 0 radical (unpaired) electrons. The highest BCUT2D eigenvalue weighted by atomic mass is 16.6. The van der Waals surface area contributed by atoms with Crippen molar-refractivity contribution >= 4 is 23.1 Å². The highest BCUT2D eigenvalue weighted by Crippen LogP contribution is 2.40. The Labute approximate surface area is 211 Å². The lowest BCUT2D eigenvalue weighted by Gasteiger charge is -2.28. The van der Waals surface area contributed by atoms with Gasteiger partial charge < -0.3 is 19.6 Å². The third-order valence-corrected chi connectivity index (χ3v) is 6.32. The molecule has 192 valence electrons. The zero-order valence-electron chi connectivity index (χ0n) is 21.4. The largest absolute Gasteiger partial charge is 0.507 e. The van der Waals surface area contributed by atoms with Crippen LogP contribution in [0.1, 0.15) is 50.4 Å². The summed E-state index contributed by atoms with van der Waals surface area (Å²) in [5, 5.41) is 22.4. The summed E-state index contributed by atoms with van der Waals surface area (Å²) in [5.74, 6) is -1.12. The molecule has 2 aromatic carbocycles. The van der Waals surface area contributed by atoms with Crippen LogP contribution in [0.15, 0.2) is 48.0 Å². The first kappa shape index (κ1) is 26.9. The average molecular weight is 496 g/mol. The van der Waals surface area contributed by atoms with Crippen molar-refractivity contribution in [1.29, 1.82) is 0 Å². The molecule has 0 aromatic heterocycles. The third-order valence-electron chi connectivity index (χ3n) is 6.32. The summed E-state index contributed by atoms with van der Waals surface area (Å²) in [6, 6.07) is 9.94. The topological polar surface area (TPSA) is 113 Å². The lowest BCUT2D eigenvalue weighted by molar-refractivity contribution is -0.384. The Balaban J connectivity index is 2.10. The van der Waals surface area contributed by atoms with Crippen LogP contribution in [0.2, 0.25) is 0 Å². The summed E-state index contributed by atoms with van der Waals surface area (Å²) in [6.45, 7) is 12.1. The van der Waals surface area contributed by atoms with E-state index in [1.807, 2.05) is 34.6 Å². The molecule has 9 nitrogen and oxygen atoms in total. The predicted molar refractivity (Wildman–Crippen MR) is 137 cm³/mol. The van der Waals surface area contributed by atoms with Crippen molar-refractivity contribution in [2.75, 3.05) is 26.2 Å². The van der Waals surface area contributed by atoms with Crippen molar-refractivity contribution in [3.05, 3.63) is 74.8 Å². The summed E-state index contributed by atoms with van der Waals surface area (Å²) in [5.41, 5.74) is 1.53. The molecule has 1 aliphatic rings. The Morgan fingerprint density at radius 1 is 1.14 bits per heavy atom. The van der Waals surface area contributed by atoms with Gasteiger partial charge in [-0.2, -0.15) is 0 Å². The van der Waals surface area contributed by atoms with Crippen LogP contribution >= 0.6 is 0 Å². The second-order valence-corrected chi connectivity index (χ2v) is 9.01. The number of ether oxygens (including phenoxy) is 1. The highest BCUT2D eigenvalue weighted by Gasteiger charge is 2.46. The minimum Gasteiger partial charge on any atom is -0.507 e. The number of likely N-dealkylation sites (N-methyl/N-ethyl adjacent to an activating group) is 1. The number of non-ortho nitro benzene ring substituents is 1. The number of hydrogen-bond donors (Lipinski definition) is 1. The van der Waals surface area contributed by atoms with Crippen molar-refractivity contribution in [1.82, 2.24) is 9.80 Å². The Morgan fingerprint density at radius 2 is 1.78 bits per heavy atom. The van der Waals surface area contributed by atoms with Gasteiger partial charge in [-0.3, -0.25) is 19.7 Å². The molecular formula is C27H33N3O6. The molecule has 1 aliphatic heterocycles.